The van der Waals surface area contributed by atoms with Crippen molar-refractivity contribution in [2.75, 3.05) is 22.4 Å². The van der Waals surface area contributed by atoms with Crippen LogP contribution >= 0.6 is 0 Å². The number of nitrogens with zero attached hydrogens (tertiary/aromatic N) is 1. The molecule has 2 rings (SSSR count). The molecule has 0 saturated carbocycles. The maximum Gasteiger partial charge on any atom is 0.245 e. The van der Waals surface area contributed by atoms with Gasteiger partial charge in [-0.2, -0.15) is 0 Å². The van der Waals surface area contributed by atoms with E-state index in [9.17, 15) is 26.4 Å². The lowest BCUT2D eigenvalue weighted by molar-refractivity contribution is -0.114. The van der Waals surface area contributed by atoms with Crippen molar-refractivity contribution >= 4 is 27.3 Å². The highest BCUT2D eigenvalue weighted by atomic mass is 32.2. The van der Waals surface area contributed by atoms with Gasteiger partial charge in [-0.1, -0.05) is 18.2 Å². The van der Waals surface area contributed by atoms with Crippen molar-refractivity contribution in [1.82, 2.24) is 0 Å². The normalized spacial score (nSPS) is 11.3. The zero-order valence-electron chi connectivity index (χ0n) is 14.3. The molecule has 9 heteroatoms. The number of carbonyl (C=O) groups is 1. The Morgan fingerprint density at radius 1 is 1.04 bits per heavy atom. The van der Waals surface area contributed by atoms with Crippen molar-refractivity contribution in [2.45, 2.75) is 13.8 Å². The second kappa shape index (κ2) is 7.36. The van der Waals surface area contributed by atoms with Crippen LogP contribution in [0.5, 0.6) is 0 Å². The fourth-order valence-electron chi connectivity index (χ4n) is 2.50. The summed E-state index contributed by atoms with van der Waals surface area (Å²) < 4.78 is 65.1. The number of para-hydroxylation sites is 1. The molecule has 140 valence electrons. The Balaban J connectivity index is 2.33. The van der Waals surface area contributed by atoms with Crippen LogP contribution in [0.25, 0.3) is 0 Å². The van der Waals surface area contributed by atoms with Gasteiger partial charge >= 0.3 is 0 Å². The molecule has 0 radical (unpaired) electrons. The van der Waals surface area contributed by atoms with Gasteiger partial charge in [-0.05, 0) is 37.1 Å². The average Bonchev–Trinajstić information content (AvgIpc) is 2.53. The molecule has 0 aromatic heterocycles. The van der Waals surface area contributed by atoms with Gasteiger partial charge < -0.3 is 5.32 Å². The smallest absolute Gasteiger partial charge is 0.245 e. The number of amides is 1. The van der Waals surface area contributed by atoms with Crippen LogP contribution in [0.2, 0.25) is 0 Å². The van der Waals surface area contributed by atoms with Gasteiger partial charge in [0, 0.05) is 0 Å². The Labute approximate surface area is 149 Å². The molecule has 1 N–H and O–H groups in total. The van der Waals surface area contributed by atoms with Crippen molar-refractivity contribution in [1.29, 1.82) is 0 Å². The van der Waals surface area contributed by atoms with E-state index in [2.05, 4.69) is 5.32 Å². The summed E-state index contributed by atoms with van der Waals surface area (Å²) in [4.78, 5) is 12.2. The maximum absolute atomic E-state index is 13.7. The van der Waals surface area contributed by atoms with Crippen LogP contribution in [-0.2, 0) is 14.8 Å². The highest BCUT2D eigenvalue weighted by molar-refractivity contribution is 7.92. The Kier molecular flexibility index (Phi) is 5.60. The van der Waals surface area contributed by atoms with Crippen LogP contribution in [0, 0.1) is 31.3 Å². The number of benzene rings is 2. The predicted molar refractivity (Wildman–Crippen MR) is 93.1 cm³/mol. The minimum atomic E-state index is -3.83. The van der Waals surface area contributed by atoms with Crippen molar-refractivity contribution in [3.05, 3.63) is 58.9 Å². The monoisotopic (exact) mass is 386 g/mol. The number of rotatable bonds is 5. The van der Waals surface area contributed by atoms with Crippen LogP contribution in [0.15, 0.2) is 30.3 Å². The van der Waals surface area contributed by atoms with Gasteiger partial charge in [0.15, 0.2) is 17.5 Å². The van der Waals surface area contributed by atoms with Crippen LogP contribution in [-0.4, -0.2) is 27.1 Å². The van der Waals surface area contributed by atoms with E-state index in [4.69, 9.17) is 0 Å². The summed E-state index contributed by atoms with van der Waals surface area (Å²) in [7, 11) is -3.83. The molecular formula is C17H17F3N2O3S. The molecule has 0 aliphatic carbocycles. The number of hydrogen-bond donors (Lipinski definition) is 1. The van der Waals surface area contributed by atoms with Gasteiger partial charge in [-0.25, -0.2) is 21.6 Å². The molecule has 0 bridgehead atoms. The first-order chi connectivity index (χ1) is 12.0. The van der Waals surface area contributed by atoms with E-state index < -0.39 is 45.6 Å². The third kappa shape index (κ3) is 4.16. The number of carbonyl (C=O) groups excluding carboxylic acids is 1. The van der Waals surface area contributed by atoms with Gasteiger partial charge in [0.25, 0.3) is 0 Å². The lowest BCUT2D eigenvalue weighted by Gasteiger charge is -2.25. The zero-order valence-corrected chi connectivity index (χ0v) is 15.1. The first-order valence-corrected chi connectivity index (χ1v) is 9.34. The summed E-state index contributed by atoms with van der Waals surface area (Å²) in [6.45, 7) is 2.73. The van der Waals surface area contributed by atoms with Gasteiger partial charge in [-0.15, -0.1) is 0 Å². The van der Waals surface area contributed by atoms with Gasteiger partial charge in [0.05, 0.1) is 17.6 Å². The molecule has 0 atom stereocenters. The molecular weight excluding hydrogens is 369 g/mol. The van der Waals surface area contributed by atoms with E-state index in [1.165, 1.54) is 0 Å². The molecule has 0 heterocycles. The third-order valence-corrected chi connectivity index (χ3v) is 4.80. The van der Waals surface area contributed by atoms with Gasteiger partial charge in [0.1, 0.15) is 6.54 Å². The first kappa shape index (κ1) is 19.8. The van der Waals surface area contributed by atoms with Crippen molar-refractivity contribution < 1.29 is 26.4 Å². The average molecular weight is 386 g/mol. The molecule has 26 heavy (non-hydrogen) atoms. The van der Waals surface area contributed by atoms with Crippen LogP contribution in [0.4, 0.5) is 24.5 Å². The highest BCUT2D eigenvalue weighted by Crippen LogP contribution is 2.27. The predicted octanol–water partition coefficient (Wildman–Crippen LogP) is 3.13. The van der Waals surface area contributed by atoms with E-state index >= 15 is 0 Å². The number of aryl methyl sites for hydroxylation is 2. The zero-order chi connectivity index (χ0) is 19.6. The van der Waals surface area contributed by atoms with E-state index in [-0.39, 0.29) is 0 Å². The quantitative estimate of drug-likeness (QED) is 0.803. The third-order valence-electron chi connectivity index (χ3n) is 3.69. The minimum absolute atomic E-state index is 0.330. The number of hydrogen-bond acceptors (Lipinski definition) is 3. The van der Waals surface area contributed by atoms with E-state index in [1.54, 1.807) is 32.0 Å². The fourth-order valence-corrected chi connectivity index (χ4v) is 3.48. The largest absolute Gasteiger partial charge is 0.322 e. The molecule has 5 nitrogen and oxygen atoms in total. The summed E-state index contributed by atoms with van der Waals surface area (Å²) in [5.74, 6) is -5.58. The fraction of sp³-hybridized carbons (Fsp3) is 0.235. The molecule has 0 fully saturated rings. The topological polar surface area (TPSA) is 66.5 Å². The van der Waals surface area contributed by atoms with Gasteiger partial charge in [0.2, 0.25) is 15.9 Å². The van der Waals surface area contributed by atoms with Gasteiger partial charge in [-0.3, -0.25) is 9.10 Å². The summed E-state index contributed by atoms with van der Waals surface area (Å²) in [6.07, 6.45) is 0.935. The minimum Gasteiger partial charge on any atom is -0.322 e. The number of nitrogens with one attached hydrogen (secondary N) is 1. The highest BCUT2D eigenvalue weighted by Gasteiger charge is 2.24. The first-order valence-electron chi connectivity index (χ1n) is 7.49. The maximum atomic E-state index is 13.7. The molecule has 2 aromatic rings. The van der Waals surface area contributed by atoms with Crippen molar-refractivity contribution in [3.63, 3.8) is 0 Å². The summed E-state index contributed by atoms with van der Waals surface area (Å²) in [6, 6.07) is 6.63. The molecule has 0 aliphatic rings. The number of sulfonamides is 1. The molecule has 1 amide bonds. The molecule has 2 aromatic carbocycles. The van der Waals surface area contributed by atoms with Crippen molar-refractivity contribution in [3.8, 4) is 0 Å². The standard InChI is InChI=1S/C17H17F3N2O3S/c1-10-5-4-6-11(2)17(10)22(26(3,24)25)9-14(23)21-13-8-7-12(18)15(19)16(13)20/h4-8H,9H2,1-3H3,(H,21,23). The summed E-state index contributed by atoms with van der Waals surface area (Å²) >= 11 is 0. The second-order valence-electron chi connectivity index (χ2n) is 5.78. The van der Waals surface area contributed by atoms with Crippen LogP contribution in [0.3, 0.4) is 0 Å². The number of anilines is 2. The summed E-state index contributed by atoms with van der Waals surface area (Å²) in [5, 5.41) is 2.06. The molecule has 0 spiro atoms. The summed E-state index contributed by atoms with van der Waals surface area (Å²) in [5.41, 5.74) is 1.00. The van der Waals surface area contributed by atoms with E-state index in [0.717, 1.165) is 16.6 Å². The van der Waals surface area contributed by atoms with E-state index in [1.807, 2.05) is 0 Å². The lowest BCUT2D eigenvalue weighted by Crippen LogP contribution is -2.38. The SMILES string of the molecule is Cc1cccc(C)c1N(CC(=O)Nc1ccc(F)c(F)c1F)S(C)(=O)=O. The van der Waals surface area contributed by atoms with Crippen LogP contribution < -0.4 is 9.62 Å². The van der Waals surface area contributed by atoms with Crippen LogP contribution in [0.1, 0.15) is 11.1 Å². The van der Waals surface area contributed by atoms with Crippen molar-refractivity contribution in [2.24, 2.45) is 0 Å². The second-order valence-corrected chi connectivity index (χ2v) is 7.69. The lowest BCUT2D eigenvalue weighted by atomic mass is 10.1. The molecule has 0 unspecified atom stereocenters. The molecule has 0 saturated heterocycles. The Bertz CT molecular complexity index is 942. The molecule has 0 aliphatic heterocycles. The Morgan fingerprint density at radius 3 is 2.15 bits per heavy atom. The van der Waals surface area contributed by atoms with E-state index in [0.29, 0.717) is 22.9 Å². The Hall–Kier alpha value is -2.55. The Morgan fingerprint density at radius 2 is 1.62 bits per heavy atom. The number of halogens is 3.